The maximum Gasteiger partial charge on any atom is 0.326 e. The van der Waals surface area contributed by atoms with E-state index in [4.69, 9.17) is 16.3 Å². The molecular formula is C26H28ClN3O5. The van der Waals surface area contributed by atoms with Crippen LogP contribution in [0.3, 0.4) is 0 Å². The standard InChI is InChI=1S/C26H28ClN3O5/c1-4-35-22(31)12-13-28-26(34)30(23-24(32)17(2)16-29(3)25(23)33)21-7-5-6-19(15-21)14-18-8-10-20(27)11-9-18/h5-11,15-16,32H,4,12-14H2,1-3H3,(H,28,34). The third kappa shape index (κ3) is 6.42. The molecule has 184 valence electrons. The number of aryl methyl sites for hydroxylation is 2. The second-order valence-corrected chi connectivity index (χ2v) is 8.46. The average molecular weight is 498 g/mol. The molecule has 3 aromatic rings. The zero-order valence-electron chi connectivity index (χ0n) is 19.9. The topological polar surface area (TPSA) is 101 Å². The number of anilines is 2. The number of rotatable bonds is 8. The molecule has 0 aliphatic carbocycles. The summed E-state index contributed by atoms with van der Waals surface area (Å²) in [7, 11) is 1.55. The van der Waals surface area contributed by atoms with Gasteiger partial charge in [0.2, 0.25) is 0 Å². The van der Waals surface area contributed by atoms with Crippen LogP contribution in [-0.2, 0) is 23.0 Å². The summed E-state index contributed by atoms with van der Waals surface area (Å²) < 4.78 is 6.20. The van der Waals surface area contributed by atoms with Gasteiger partial charge in [-0.3, -0.25) is 14.5 Å². The molecule has 0 fully saturated rings. The molecule has 2 amide bonds. The summed E-state index contributed by atoms with van der Waals surface area (Å²) in [6, 6.07) is 13.9. The largest absolute Gasteiger partial charge is 0.505 e. The Morgan fingerprint density at radius 3 is 2.54 bits per heavy atom. The molecule has 0 aliphatic heterocycles. The van der Waals surface area contributed by atoms with E-state index >= 15 is 0 Å². The maximum absolute atomic E-state index is 13.3. The number of nitrogens with one attached hydrogen (secondary N) is 1. The summed E-state index contributed by atoms with van der Waals surface area (Å²) in [5.74, 6) is -0.740. The van der Waals surface area contributed by atoms with Gasteiger partial charge in [0.15, 0.2) is 5.69 Å². The van der Waals surface area contributed by atoms with E-state index in [0.717, 1.165) is 16.0 Å². The lowest BCUT2D eigenvalue weighted by Crippen LogP contribution is -2.41. The predicted octanol–water partition coefficient (Wildman–Crippen LogP) is 4.44. The van der Waals surface area contributed by atoms with Gasteiger partial charge in [-0.25, -0.2) is 4.79 Å². The first-order valence-corrected chi connectivity index (χ1v) is 11.5. The van der Waals surface area contributed by atoms with E-state index in [9.17, 15) is 19.5 Å². The van der Waals surface area contributed by atoms with Crippen LogP contribution in [0, 0.1) is 6.92 Å². The Kier molecular flexibility index (Phi) is 8.54. The molecule has 2 N–H and O–H groups in total. The zero-order chi connectivity index (χ0) is 25.5. The van der Waals surface area contributed by atoms with Crippen LogP contribution in [0.5, 0.6) is 5.75 Å². The third-order valence-corrected chi connectivity index (χ3v) is 5.59. The zero-order valence-corrected chi connectivity index (χ0v) is 20.6. The van der Waals surface area contributed by atoms with E-state index in [0.29, 0.717) is 22.7 Å². The molecule has 9 heteroatoms. The van der Waals surface area contributed by atoms with Gasteiger partial charge in [0, 0.05) is 30.4 Å². The molecule has 0 aliphatic rings. The fraction of sp³-hybridized carbons (Fsp3) is 0.269. The van der Waals surface area contributed by atoms with Crippen molar-refractivity contribution in [2.75, 3.05) is 18.1 Å². The molecule has 0 saturated carbocycles. The minimum atomic E-state index is -0.657. The van der Waals surface area contributed by atoms with Crippen molar-refractivity contribution in [3.05, 3.63) is 86.8 Å². The van der Waals surface area contributed by atoms with E-state index in [2.05, 4.69) is 5.32 Å². The number of aromatic hydroxyl groups is 1. The number of esters is 1. The van der Waals surface area contributed by atoms with E-state index in [1.165, 1.54) is 10.8 Å². The summed E-state index contributed by atoms with van der Waals surface area (Å²) in [4.78, 5) is 39.2. The molecule has 0 atom stereocenters. The summed E-state index contributed by atoms with van der Waals surface area (Å²) in [5.41, 5.74) is 2.01. The van der Waals surface area contributed by atoms with Gasteiger partial charge < -0.3 is 19.7 Å². The van der Waals surface area contributed by atoms with Crippen LogP contribution in [0.1, 0.15) is 30.0 Å². The quantitative estimate of drug-likeness (QED) is 0.448. The lowest BCUT2D eigenvalue weighted by Gasteiger charge is -2.25. The number of hydrogen-bond acceptors (Lipinski definition) is 5. The van der Waals surface area contributed by atoms with Crippen LogP contribution in [0.4, 0.5) is 16.2 Å². The fourth-order valence-electron chi connectivity index (χ4n) is 3.64. The van der Waals surface area contributed by atoms with Crippen LogP contribution in [0.15, 0.2) is 59.5 Å². The van der Waals surface area contributed by atoms with Crippen molar-refractivity contribution in [1.82, 2.24) is 9.88 Å². The number of nitrogens with zero attached hydrogens (tertiary/aromatic N) is 2. The molecule has 1 aromatic heterocycles. The Balaban J connectivity index is 1.99. The molecule has 8 nitrogen and oxygen atoms in total. The van der Waals surface area contributed by atoms with Crippen LogP contribution in [0.2, 0.25) is 5.02 Å². The molecule has 0 unspecified atom stereocenters. The first-order chi connectivity index (χ1) is 16.7. The van der Waals surface area contributed by atoms with E-state index in [-0.39, 0.29) is 31.0 Å². The summed E-state index contributed by atoms with van der Waals surface area (Å²) in [6.45, 7) is 3.59. The third-order valence-electron chi connectivity index (χ3n) is 5.34. The van der Waals surface area contributed by atoms with Crippen molar-refractivity contribution < 1.29 is 19.4 Å². The monoisotopic (exact) mass is 497 g/mol. The van der Waals surface area contributed by atoms with Crippen molar-refractivity contribution in [1.29, 1.82) is 0 Å². The van der Waals surface area contributed by atoms with Gasteiger partial charge in [-0.2, -0.15) is 0 Å². The van der Waals surface area contributed by atoms with E-state index < -0.39 is 17.6 Å². The van der Waals surface area contributed by atoms with Crippen molar-refractivity contribution >= 4 is 35.0 Å². The van der Waals surface area contributed by atoms with Gasteiger partial charge in [-0.1, -0.05) is 35.9 Å². The maximum atomic E-state index is 13.3. The van der Waals surface area contributed by atoms with Gasteiger partial charge in [0.1, 0.15) is 5.75 Å². The number of hydrogen-bond donors (Lipinski definition) is 2. The summed E-state index contributed by atoms with van der Waals surface area (Å²) in [5, 5.41) is 14.1. The fourth-order valence-corrected chi connectivity index (χ4v) is 3.77. The number of aromatic nitrogens is 1. The van der Waals surface area contributed by atoms with Gasteiger partial charge in [0.25, 0.3) is 5.56 Å². The van der Waals surface area contributed by atoms with Crippen LogP contribution < -0.4 is 15.8 Å². The number of carbonyl (C=O) groups excluding carboxylic acids is 2. The number of benzene rings is 2. The van der Waals surface area contributed by atoms with Gasteiger partial charge in [0.05, 0.1) is 18.7 Å². The van der Waals surface area contributed by atoms with Gasteiger partial charge in [-0.15, -0.1) is 0 Å². The lowest BCUT2D eigenvalue weighted by atomic mass is 10.0. The molecule has 3 rings (SSSR count). The Hall–Kier alpha value is -3.78. The highest BCUT2D eigenvalue weighted by atomic mass is 35.5. The van der Waals surface area contributed by atoms with Crippen LogP contribution in [-0.4, -0.2) is 34.8 Å². The molecule has 0 bridgehead atoms. The Morgan fingerprint density at radius 1 is 1.14 bits per heavy atom. The second kappa shape index (κ2) is 11.6. The van der Waals surface area contributed by atoms with Crippen molar-refractivity contribution in [2.45, 2.75) is 26.7 Å². The van der Waals surface area contributed by atoms with Crippen molar-refractivity contribution in [2.24, 2.45) is 7.05 Å². The highest BCUT2D eigenvalue weighted by molar-refractivity contribution is 6.30. The van der Waals surface area contributed by atoms with Crippen LogP contribution >= 0.6 is 11.6 Å². The minimum absolute atomic E-state index is 0.00548. The highest BCUT2D eigenvalue weighted by Gasteiger charge is 2.26. The molecule has 2 aromatic carbocycles. The molecule has 0 radical (unpaired) electrons. The lowest BCUT2D eigenvalue weighted by molar-refractivity contribution is -0.142. The first-order valence-electron chi connectivity index (χ1n) is 11.2. The van der Waals surface area contributed by atoms with Crippen molar-refractivity contribution in [3.63, 3.8) is 0 Å². The number of carbonyl (C=O) groups is 2. The van der Waals surface area contributed by atoms with Gasteiger partial charge >= 0.3 is 12.0 Å². The van der Waals surface area contributed by atoms with Gasteiger partial charge in [-0.05, 0) is 55.7 Å². The number of amides is 2. The van der Waals surface area contributed by atoms with Crippen molar-refractivity contribution in [3.8, 4) is 5.75 Å². The smallest absolute Gasteiger partial charge is 0.326 e. The number of urea groups is 1. The highest BCUT2D eigenvalue weighted by Crippen LogP contribution is 2.33. The molecule has 0 saturated heterocycles. The number of ether oxygens (including phenoxy) is 1. The molecular weight excluding hydrogens is 470 g/mol. The number of pyridine rings is 1. The minimum Gasteiger partial charge on any atom is -0.505 e. The molecule has 35 heavy (non-hydrogen) atoms. The average Bonchev–Trinajstić information content (AvgIpc) is 2.82. The Morgan fingerprint density at radius 2 is 1.86 bits per heavy atom. The first kappa shape index (κ1) is 25.8. The summed E-state index contributed by atoms with van der Waals surface area (Å²) in [6.07, 6.45) is 2.04. The number of halogens is 1. The Bertz CT molecular complexity index is 1270. The SMILES string of the molecule is CCOC(=O)CCNC(=O)N(c1cccc(Cc2ccc(Cl)cc2)c1)c1c(O)c(C)cn(C)c1=O. The second-order valence-electron chi connectivity index (χ2n) is 8.02. The molecule has 0 spiro atoms. The summed E-state index contributed by atoms with van der Waals surface area (Å²) >= 11 is 5.98. The molecule has 1 heterocycles. The van der Waals surface area contributed by atoms with Crippen LogP contribution in [0.25, 0.3) is 0 Å². The predicted molar refractivity (Wildman–Crippen MR) is 136 cm³/mol. The van der Waals surface area contributed by atoms with E-state index in [1.54, 1.807) is 51.2 Å². The van der Waals surface area contributed by atoms with E-state index in [1.807, 2.05) is 18.2 Å². The normalized spacial score (nSPS) is 10.6. The Labute approximate surface area is 208 Å².